The van der Waals surface area contributed by atoms with E-state index in [1.807, 2.05) is 0 Å². The molecule has 3 rings (SSSR count). The van der Waals surface area contributed by atoms with Crippen molar-refractivity contribution in [2.24, 2.45) is 0 Å². The van der Waals surface area contributed by atoms with Crippen molar-refractivity contribution in [1.82, 2.24) is 4.90 Å². The number of anilines is 1. The van der Waals surface area contributed by atoms with Crippen LogP contribution in [-0.4, -0.2) is 41.2 Å². The third-order valence-electron chi connectivity index (χ3n) is 4.41. The van der Waals surface area contributed by atoms with Gasteiger partial charge in [-0.05, 0) is 43.7 Å². The molecule has 1 aliphatic rings. The molecule has 7 nitrogen and oxygen atoms in total. The van der Waals surface area contributed by atoms with Crippen LogP contribution >= 0.6 is 11.6 Å². The normalized spacial score (nSPS) is 13.8. The molecule has 2 aromatic rings. The first-order chi connectivity index (χ1) is 13.9. The predicted octanol–water partition coefficient (Wildman–Crippen LogP) is 3.29. The number of nitrogens with one attached hydrogen (secondary N) is 1. The molecular weight excluding hydrogens is 396 g/mol. The highest BCUT2D eigenvalue weighted by atomic mass is 35.5. The monoisotopic (exact) mass is 414 g/mol. The second-order valence-corrected chi connectivity index (χ2v) is 6.98. The quantitative estimate of drug-likeness (QED) is 0.554. The Labute approximate surface area is 172 Å². The first kappa shape index (κ1) is 20.5. The second kappa shape index (κ2) is 8.87. The number of halogens is 1. The molecule has 1 aliphatic heterocycles. The van der Waals surface area contributed by atoms with Gasteiger partial charge in [0.05, 0.1) is 11.1 Å². The van der Waals surface area contributed by atoms with Crippen molar-refractivity contribution in [3.8, 4) is 0 Å². The fourth-order valence-corrected chi connectivity index (χ4v) is 3.13. The summed E-state index contributed by atoms with van der Waals surface area (Å²) in [5.74, 6) is -1.81. The maximum atomic E-state index is 12.3. The Morgan fingerprint density at radius 2 is 1.72 bits per heavy atom. The van der Waals surface area contributed by atoms with Gasteiger partial charge in [0, 0.05) is 23.7 Å². The van der Waals surface area contributed by atoms with E-state index < -0.39 is 18.0 Å². The minimum absolute atomic E-state index is 0.0256. The molecule has 0 fully saturated rings. The SMILES string of the molecule is C[C@@H](OC(=O)CCCN1C(=O)c2ccccc2C1=O)C(=O)Nc1cccc(Cl)c1. The number of esters is 1. The lowest BCUT2D eigenvalue weighted by Crippen LogP contribution is -2.32. The van der Waals surface area contributed by atoms with Gasteiger partial charge in [-0.3, -0.25) is 24.1 Å². The molecule has 8 heteroatoms. The van der Waals surface area contributed by atoms with Crippen LogP contribution in [0.25, 0.3) is 0 Å². The molecule has 0 aromatic heterocycles. The number of imide groups is 1. The number of carbonyl (C=O) groups is 4. The smallest absolute Gasteiger partial charge is 0.306 e. The van der Waals surface area contributed by atoms with Crippen LogP contribution in [-0.2, 0) is 14.3 Å². The molecule has 0 saturated heterocycles. The zero-order chi connectivity index (χ0) is 21.0. The lowest BCUT2D eigenvalue weighted by atomic mass is 10.1. The number of hydrogen-bond donors (Lipinski definition) is 1. The van der Waals surface area contributed by atoms with Crippen LogP contribution in [0, 0.1) is 0 Å². The van der Waals surface area contributed by atoms with Crippen molar-refractivity contribution in [2.75, 3.05) is 11.9 Å². The van der Waals surface area contributed by atoms with E-state index in [1.165, 1.54) is 6.92 Å². The van der Waals surface area contributed by atoms with E-state index in [9.17, 15) is 19.2 Å². The average Bonchev–Trinajstić information content (AvgIpc) is 2.93. The predicted molar refractivity (Wildman–Crippen MR) is 107 cm³/mol. The van der Waals surface area contributed by atoms with Crippen molar-refractivity contribution in [2.45, 2.75) is 25.9 Å². The summed E-state index contributed by atoms with van der Waals surface area (Å²) < 4.78 is 5.12. The van der Waals surface area contributed by atoms with Crippen LogP contribution in [0.5, 0.6) is 0 Å². The lowest BCUT2D eigenvalue weighted by molar-refractivity contribution is -0.153. The van der Waals surface area contributed by atoms with E-state index in [4.69, 9.17) is 16.3 Å². The molecule has 29 heavy (non-hydrogen) atoms. The van der Waals surface area contributed by atoms with E-state index in [-0.39, 0.29) is 31.2 Å². The molecule has 0 saturated carbocycles. The number of amides is 3. The van der Waals surface area contributed by atoms with Gasteiger partial charge in [0.25, 0.3) is 17.7 Å². The van der Waals surface area contributed by atoms with Gasteiger partial charge >= 0.3 is 5.97 Å². The standard InChI is InChI=1S/C21H19ClN2O5/c1-13(19(26)23-15-7-4-6-14(22)12-15)29-18(25)10-5-11-24-20(27)16-8-2-3-9-17(16)21(24)28/h2-4,6-9,12-13H,5,10-11H2,1H3,(H,23,26)/t13-/m1/s1. The fraction of sp³-hybridized carbons (Fsp3) is 0.238. The van der Waals surface area contributed by atoms with Crippen molar-refractivity contribution in [3.63, 3.8) is 0 Å². The lowest BCUT2D eigenvalue weighted by Gasteiger charge is -2.15. The molecule has 0 spiro atoms. The Balaban J connectivity index is 1.45. The van der Waals surface area contributed by atoms with Crippen molar-refractivity contribution in [1.29, 1.82) is 0 Å². The highest BCUT2D eigenvalue weighted by Gasteiger charge is 2.34. The van der Waals surface area contributed by atoms with Crippen LogP contribution < -0.4 is 5.32 Å². The Morgan fingerprint density at radius 1 is 1.07 bits per heavy atom. The Hall–Kier alpha value is -3.19. The summed E-state index contributed by atoms with van der Waals surface area (Å²) in [5, 5.41) is 3.09. The molecule has 3 amide bonds. The summed E-state index contributed by atoms with van der Waals surface area (Å²) in [4.78, 5) is 49.8. The van der Waals surface area contributed by atoms with Gasteiger partial charge in [0.15, 0.2) is 6.10 Å². The molecule has 1 atom stereocenters. The molecule has 0 bridgehead atoms. The maximum absolute atomic E-state index is 12.3. The number of hydrogen-bond acceptors (Lipinski definition) is 5. The van der Waals surface area contributed by atoms with E-state index >= 15 is 0 Å². The number of carbonyl (C=O) groups excluding carboxylic acids is 4. The van der Waals surface area contributed by atoms with E-state index in [2.05, 4.69) is 5.32 Å². The van der Waals surface area contributed by atoms with Crippen LogP contribution in [0.4, 0.5) is 5.69 Å². The van der Waals surface area contributed by atoms with Crippen molar-refractivity contribution >= 4 is 41.0 Å². The first-order valence-electron chi connectivity index (χ1n) is 9.08. The van der Waals surface area contributed by atoms with Gasteiger partial charge in [-0.15, -0.1) is 0 Å². The largest absolute Gasteiger partial charge is 0.453 e. The summed E-state index contributed by atoms with van der Waals surface area (Å²) in [5.41, 5.74) is 1.23. The van der Waals surface area contributed by atoms with Gasteiger partial charge < -0.3 is 10.1 Å². The van der Waals surface area contributed by atoms with Gasteiger partial charge in [-0.25, -0.2) is 0 Å². The highest BCUT2D eigenvalue weighted by molar-refractivity contribution is 6.30. The molecule has 0 aliphatic carbocycles. The molecule has 150 valence electrons. The van der Waals surface area contributed by atoms with Crippen molar-refractivity contribution < 1.29 is 23.9 Å². The number of fused-ring (bicyclic) bond motifs is 1. The van der Waals surface area contributed by atoms with Crippen LogP contribution in [0.1, 0.15) is 40.5 Å². The summed E-state index contributed by atoms with van der Waals surface area (Å²) in [7, 11) is 0. The molecule has 1 N–H and O–H groups in total. The van der Waals surface area contributed by atoms with Gasteiger partial charge in [-0.1, -0.05) is 29.8 Å². The average molecular weight is 415 g/mol. The number of benzene rings is 2. The Morgan fingerprint density at radius 3 is 2.34 bits per heavy atom. The number of rotatable bonds is 7. The fourth-order valence-electron chi connectivity index (χ4n) is 2.94. The maximum Gasteiger partial charge on any atom is 0.306 e. The van der Waals surface area contributed by atoms with Crippen molar-refractivity contribution in [3.05, 3.63) is 64.7 Å². The van der Waals surface area contributed by atoms with E-state index in [0.29, 0.717) is 21.8 Å². The van der Waals surface area contributed by atoms with E-state index in [0.717, 1.165) is 4.90 Å². The van der Waals surface area contributed by atoms with E-state index in [1.54, 1.807) is 48.5 Å². The Bertz CT molecular complexity index is 940. The summed E-state index contributed by atoms with van der Waals surface area (Å²) in [6.45, 7) is 1.56. The minimum Gasteiger partial charge on any atom is -0.453 e. The topological polar surface area (TPSA) is 92.8 Å². The van der Waals surface area contributed by atoms with Crippen LogP contribution in [0.3, 0.4) is 0 Å². The number of nitrogens with zero attached hydrogens (tertiary/aromatic N) is 1. The molecule has 2 aromatic carbocycles. The second-order valence-electron chi connectivity index (χ2n) is 6.54. The first-order valence-corrected chi connectivity index (χ1v) is 9.46. The molecule has 0 unspecified atom stereocenters. The summed E-state index contributed by atoms with van der Waals surface area (Å²) >= 11 is 5.86. The summed E-state index contributed by atoms with van der Waals surface area (Å²) in [6.07, 6.45) is -0.782. The zero-order valence-corrected chi connectivity index (χ0v) is 16.4. The zero-order valence-electron chi connectivity index (χ0n) is 15.7. The van der Waals surface area contributed by atoms with Gasteiger partial charge in [0.1, 0.15) is 0 Å². The molecular formula is C21H19ClN2O5. The van der Waals surface area contributed by atoms with Crippen LogP contribution in [0.2, 0.25) is 5.02 Å². The minimum atomic E-state index is -0.999. The molecule has 0 radical (unpaired) electrons. The van der Waals surface area contributed by atoms with Gasteiger partial charge in [-0.2, -0.15) is 0 Å². The summed E-state index contributed by atoms with van der Waals surface area (Å²) in [6, 6.07) is 13.2. The van der Waals surface area contributed by atoms with Gasteiger partial charge in [0.2, 0.25) is 0 Å². The third-order valence-corrected chi connectivity index (χ3v) is 4.65. The van der Waals surface area contributed by atoms with Crippen LogP contribution in [0.15, 0.2) is 48.5 Å². The highest BCUT2D eigenvalue weighted by Crippen LogP contribution is 2.22. The molecule has 1 heterocycles. The number of ether oxygens (including phenoxy) is 1. The third kappa shape index (κ3) is 4.81. The Kier molecular flexibility index (Phi) is 6.29.